The highest BCUT2D eigenvalue weighted by Crippen LogP contribution is 2.43. The molecule has 1 amide bonds. The Morgan fingerprint density at radius 3 is 2.69 bits per heavy atom. The third-order valence-corrected chi connectivity index (χ3v) is 6.12. The van der Waals surface area contributed by atoms with Gasteiger partial charge in [0.25, 0.3) is 5.91 Å². The first-order valence-electron chi connectivity index (χ1n) is 8.51. The number of aromatic nitrogens is 1. The van der Waals surface area contributed by atoms with Crippen LogP contribution in [0.5, 0.6) is 5.75 Å². The molecular formula is C18H19F2N3O2S. The van der Waals surface area contributed by atoms with E-state index in [1.54, 1.807) is 4.90 Å². The number of aryl methyl sites for hydroxylation is 1. The minimum atomic E-state index is -3.00. The quantitative estimate of drug-likeness (QED) is 0.851. The second kappa shape index (κ2) is 6.19. The lowest BCUT2D eigenvalue weighted by molar-refractivity contribution is -0.0501. The molecule has 0 unspecified atom stereocenters. The second-order valence-electron chi connectivity index (χ2n) is 6.86. The molecule has 0 spiro atoms. The molecule has 1 saturated carbocycles. The molecule has 1 aromatic carbocycles. The monoisotopic (exact) mass is 379 g/mol. The van der Waals surface area contributed by atoms with Crippen molar-refractivity contribution in [2.24, 2.45) is 5.92 Å². The van der Waals surface area contributed by atoms with Crippen LogP contribution in [-0.4, -0.2) is 28.4 Å². The Bertz CT molecular complexity index is 880. The van der Waals surface area contributed by atoms with Crippen molar-refractivity contribution in [2.45, 2.75) is 45.9 Å². The van der Waals surface area contributed by atoms with Crippen molar-refractivity contribution >= 4 is 22.4 Å². The zero-order valence-electron chi connectivity index (χ0n) is 14.5. The summed E-state index contributed by atoms with van der Waals surface area (Å²) < 4.78 is 30.6. The number of hydrogen-bond acceptors (Lipinski definition) is 5. The van der Waals surface area contributed by atoms with Gasteiger partial charge in [-0.3, -0.25) is 4.79 Å². The molecule has 2 heterocycles. The van der Waals surface area contributed by atoms with Gasteiger partial charge in [0, 0.05) is 12.6 Å². The zero-order valence-corrected chi connectivity index (χ0v) is 15.3. The van der Waals surface area contributed by atoms with E-state index < -0.39 is 6.61 Å². The van der Waals surface area contributed by atoms with Gasteiger partial charge in [-0.2, -0.15) is 8.78 Å². The maximum Gasteiger partial charge on any atom is 0.387 e. The molecule has 138 valence electrons. The predicted molar refractivity (Wildman–Crippen MR) is 95.4 cm³/mol. The summed E-state index contributed by atoms with van der Waals surface area (Å²) in [6.45, 7) is 1.25. The van der Waals surface area contributed by atoms with E-state index in [4.69, 9.17) is 10.5 Å². The van der Waals surface area contributed by atoms with Crippen molar-refractivity contribution in [3.8, 4) is 16.2 Å². The smallest absolute Gasteiger partial charge is 0.387 e. The Morgan fingerprint density at radius 2 is 2.12 bits per heavy atom. The first-order valence-corrected chi connectivity index (χ1v) is 9.32. The van der Waals surface area contributed by atoms with Crippen molar-refractivity contribution in [1.82, 2.24) is 9.88 Å². The SMILES string of the molecule is Cc1nc(N)sc1-c1cc2c(c(OC(F)F)c1)C(=O)N([C@@H](C)C1CC1)C2. The Kier molecular flexibility index (Phi) is 4.10. The number of alkyl halides is 2. The lowest BCUT2D eigenvalue weighted by Crippen LogP contribution is -2.34. The summed E-state index contributed by atoms with van der Waals surface area (Å²) in [4.78, 5) is 19.6. The molecule has 1 aliphatic carbocycles. The minimum Gasteiger partial charge on any atom is -0.434 e. The molecule has 2 N–H and O–H groups in total. The Morgan fingerprint density at radius 1 is 1.38 bits per heavy atom. The molecule has 0 bridgehead atoms. The van der Waals surface area contributed by atoms with Crippen LogP contribution in [-0.2, 0) is 6.54 Å². The molecule has 2 aliphatic rings. The van der Waals surface area contributed by atoms with Crippen LogP contribution >= 0.6 is 11.3 Å². The van der Waals surface area contributed by atoms with Crippen LogP contribution in [0.15, 0.2) is 12.1 Å². The van der Waals surface area contributed by atoms with Crippen molar-refractivity contribution < 1.29 is 18.3 Å². The molecule has 1 aliphatic heterocycles. The topological polar surface area (TPSA) is 68.5 Å². The van der Waals surface area contributed by atoms with E-state index in [1.165, 1.54) is 17.4 Å². The summed E-state index contributed by atoms with van der Waals surface area (Å²) in [7, 11) is 0. The summed E-state index contributed by atoms with van der Waals surface area (Å²) >= 11 is 1.29. The zero-order chi connectivity index (χ0) is 18.6. The van der Waals surface area contributed by atoms with E-state index in [9.17, 15) is 13.6 Å². The largest absolute Gasteiger partial charge is 0.434 e. The fourth-order valence-electron chi connectivity index (χ4n) is 3.61. The highest BCUT2D eigenvalue weighted by atomic mass is 32.1. The normalized spacial score (nSPS) is 17.7. The van der Waals surface area contributed by atoms with E-state index in [1.807, 2.05) is 19.9 Å². The lowest BCUT2D eigenvalue weighted by atomic mass is 10.0. The van der Waals surface area contributed by atoms with E-state index in [0.717, 1.165) is 23.4 Å². The van der Waals surface area contributed by atoms with E-state index in [2.05, 4.69) is 4.98 Å². The number of nitrogens with two attached hydrogens (primary N) is 1. The molecule has 2 aromatic rings. The van der Waals surface area contributed by atoms with Crippen LogP contribution in [0.3, 0.4) is 0 Å². The molecule has 0 radical (unpaired) electrons. The minimum absolute atomic E-state index is 0.0747. The average Bonchev–Trinajstić information content (AvgIpc) is 3.28. The van der Waals surface area contributed by atoms with Crippen LogP contribution in [0, 0.1) is 12.8 Å². The summed E-state index contributed by atoms with van der Waals surface area (Å²) in [6.07, 6.45) is 2.21. The first-order chi connectivity index (χ1) is 12.3. The van der Waals surface area contributed by atoms with Gasteiger partial charge >= 0.3 is 6.61 Å². The molecule has 4 rings (SSSR count). The fourth-order valence-corrected chi connectivity index (χ4v) is 4.43. The van der Waals surface area contributed by atoms with Gasteiger partial charge < -0.3 is 15.4 Å². The number of thiazole rings is 1. The van der Waals surface area contributed by atoms with E-state index in [-0.39, 0.29) is 23.3 Å². The molecule has 1 aromatic heterocycles. The summed E-state index contributed by atoms with van der Waals surface area (Å²) in [5, 5.41) is 0.411. The number of ether oxygens (including phenoxy) is 1. The number of nitrogen functional groups attached to an aromatic ring is 1. The number of halogens is 2. The molecular weight excluding hydrogens is 360 g/mol. The molecule has 8 heteroatoms. The first kappa shape index (κ1) is 17.2. The van der Waals surface area contributed by atoms with Gasteiger partial charge in [-0.15, -0.1) is 0 Å². The number of benzene rings is 1. The Hall–Kier alpha value is -2.22. The van der Waals surface area contributed by atoms with Crippen LogP contribution in [0.25, 0.3) is 10.4 Å². The van der Waals surface area contributed by atoms with Gasteiger partial charge in [0.1, 0.15) is 5.75 Å². The lowest BCUT2D eigenvalue weighted by Gasteiger charge is -2.24. The van der Waals surface area contributed by atoms with Gasteiger partial charge in [-0.05, 0) is 55.9 Å². The van der Waals surface area contributed by atoms with Gasteiger partial charge in [0.15, 0.2) is 5.13 Å². The van der Waals surface area contributed by atoms with Gasteiger partial charge in [-0.1, -0.05) is 11.3 Å². The van der Waals surface area contributed by atoms with E-state index in [0.29, 0.717) is 28.7 Å². The molecule has 5 nitrogen and oxygen atoms in total. The Balaban J connectivity index is 1.78. The van der Waals surface area contributed by atoms with E-state index >= 15 is 0 Å². The van der Waals surface area contributed by atoms with Crippen LogP contribution in [0.2, 0.25) is 0 Å². The van der Waals surface area contributed by atoms with Gasteiger partial charge in [-0.25, -0.2) is 4.98 Å². The highest BCUT2D eigenvalue weighted by molar-refractivity contribution is 7.18. The summed E-state index contributed by atoms with van der Waals surface area (Å²) in [5.41, 5.74) is 8.14. The number of rotatable bonds is 5. The van der Waals surface area contributed by atoms with Crippen LogP contribution in [0.4, 0.5) is 13.9 Å². The molecule has 1 fully saturated rings. The maximum absolute atomic E-state index is 13.0. The van der Waals surface area contributed by atoms with Crippen molar-refractivity contribution in [3.63, 3.8) is 0 Å². The van der Waals surface area contributed by atoms with Crippen LogP contribution < -0.4 is 10.5 Å². The third kappa shape index (κ3) is 2.92. The number of carbonyl (C=O) groups is 1. The number of hydrogen-bond donors (Lipinski definition) is 1. The predicted octanol–water partition coefficient (Wildman–Crippen LogP) is 4.06. The number of anilines is 1. The third-order valence-electron chi connectivity index (χ3n) is 5.09. The maximum atomic E-state index is 13.0. The number of fused-ring (bicyclic) bond motifs is 1. The molecule has 0 saturated heterocycles. The number of nitrogens with zero attached hydrogens (tertiary/aromatic N) is 2. The van der Waals surface area contributed by atoms with Gasteiger partial charge in [0.05, 0.1) is 16.1 Å². The van der Waals surface area contributed by atoms with Crippen molar-refractivity contribution in [2.75, 3.05) is 5.73 Å². The van der Waals surface area contributed by atoms with Gasteiger partial charge in [0.2, 0.25) is 0 Å². The summed E-state index contributed by atoms with van der Waals surface area (Å²) in [6, 6.07) is 3.46. The van der Waals surface area contributed by atoms with Crippen molar-refractivity contribution in [3.05, 3.63) is 29.0 Å². The fraction of sp³-hybridized carbons (Fsp3) is 0.444. The van der Waals surface area contributed by atoms with Crippen LogP contribution in [0.1, 0.15) is 41.4 Å². The summed E-state index contributed by atoms with van der Waals surface area (Å²) in [5.74, 6) is 0.187. The number of carbonyl (C=O) groups excluding carboxylic acids is 1. The molecule has 26 heavy (non-hydrogen) atoms. The standard InChI is InChI=1S/C18H19F2N3O2S/c1-8-15(26-18(21)22-8)11-5-12-7-23(9(2)10-3-4-10)16(24)14(12)13(6-11)25-17(19)20/h5-6,9-10,17H,3-4,7H2,1-2H3,(H2,21,22)/t9-/m0/s1. The Labute approximate surface area is 153 Å². The highest BCUT2D eigenvalue weighted by Gasteiger charge is 2.40. The molecule has 1 atom stereocenters. The number of amides is 1. The second-order valence-corrected chi connectivity index (χ2v) is 7.90. The van der Waals surface area contributed by atoms with Crippen molar-refractivity contribution in [1.29, 1.82) is 0 Å². The average molecular weight is 379 g/mol.